The number of hydrogen-bond donors (Lipinski definition) is 3. The number of aromatic amines is 1. The molecule has 128 valence electrons. The Balaban J connectivity index is 1.44. The molecular formula is C18H24N4O2. The van der Waals surface area contributed by atoms with Crippen LogP contribution in [-0.4, -0.2) is 47.4 Å². The van der Waals surface area contributed by atoms with E-state index in [1.54, 1.807) is 0 Å². The number of likely N-dealkylation sites (tertiary alicyclic amines) is 1. The predicted molar refractivity (Wildman–Crippen MR) is 93.4 cm³/mol. The Labute approximate surface area is 141 Å². The first-order valence-corrected chi connectivity index (χ1v) is 8.47. The number of carbonyl (C=O) groups excluding carboxylic acids is 2. The molecule has 1 saturated heterocycles. The molecule has 3 rings (SSSR count). The summed E-state index contributed by atoms with van der Waals surface area (Å²) in [4.78, 5) is 28.4. The molecular weight excluding hydrogens is 304 g/mol. The van der Waals surface area contributed by atoms with Gasteiger partial charge in [0.1, 0.15) is 0 Å². The summed E-state index contributed by atoms with van der Waals surface area (Å²) in [5.41, 5.74) is 7.50. The van der Waals surface area contributed by atoms with Gasteiger partial charge in [-0.3, -0.25) is 14.5 Å². The SMILES string of the molecule is NC(=O)CN1CCC(NC(=O)CCc2c[nH]c3ccccc23)CC1. The van der Waals surface area contributed by atoms with Gasteiger partial charge < -0.3 is 16.0 Å². The van der Waals surface area contributed by atoms with Crippen molar-refractivity contribution in [3.63, 3.8) is 0 Å². The lowest BCUT2D eigenvalue weighted by molar-refractivity contribution is -0.123. The van der Waals surface area contributed by atoms with E-state index in [-0.39, 0.29) is 17.9 Å². The second-order valence-electron chi connectivity index (χ2n) is 6.44. The molecule has 0 spiro atoms. The van der Waals surface area contributed by atoms with Crippen molar-refractivity contribution in [2.45, 2.75) is 31.7 Å². The molecule has 4 N–H and O–H groups in total. The first-order valence-electron chi connectivity index (χ1n) is 8.47. The Morgan fingerprint density at radius 1 is 1.25 bits per heavy atom. The third-order valence-corrected chi connectivity index (χ3v) is 4.63. The first kappa shape index (κ1) is 16.5. The van der Waals surface area contributed by atoms with Crippen molar-refractivity contribution in [2.24, 2.45) is 5.73 Å². The number of aromatic nitrogens is 1. The number of nitrogens with one attached hydrogen (secondary N) is 2. The summed E-state index contributed by atoms with van der Waals surface area (Å²) in [7, 11) is 0. The molecule has 2 aromatic rings. The zero-order chi connectivity index (χ0) is 16.9. The normalized spacial score (nSPS) is 16.3. The number of nitrogens with zero attached hydrogens (tertiary/aromatic N) is 1. The number of rotatable bonds is 6. The average molecular weight is 328 g/mol. The molecule has 6 heteroatoms. The molecule has 0 radical (unpaired) electrons. The molecule has 1 aliphatic heterocycles. The molecule has 0 saturated carbocycles. The van der Waals surface area contributed by atoms with E-state index in [4.69, 9.17) is 5.73 Å². The number of para-hydroxylation sites is 1. The fourth-order valence-electron chi connectivity index (χ4n) is 3.34. The number of primary amides is 1. The number of hydrogen-bond acceptors (Lipinski definition) is 3. The Kier molecular flexibility index (Phi) is 5.15. The second-order valence-corrected chi connectivity index (χ2v) is 6.44. The molecule has 0 aliphatic carbocycles. The van der Waals surface area contributed by atoms with Crippen LogP contribution in [0.25, 0.3) is 10.9 Å². The average Bonchev–Trinajstić information content (AvgIpc) is 2.98. The largest absolute Gasteiger partial charge is 0.369 e. The van der Waals surface area contributed by atoms with Crippen molar-refractivity contribution in [3.05, 3.63) is 36.0 Å². The van der Waals surface area contributed by atoms with Crippen LogP contribution in [0.4, 0.5) is 0 Å². The van der Waals surface area contributed by atoms with Crippen LogP contribution in [0, 0.1) is 0 Å². The molecule has 2 heterocycles. The lowest BCUT2D eigenvalue weighted by atomic mass is 10.0. The fraction of sp³-hybridized carbons (Fsp3) is 0.444. The lowest BCUT2D eigenvalue weighted by Crippen LogP contribution is -2.46. The van der Waals surface area contributed by atoms with Gasteiger partial charge in [-0.05, 0) is 30.9 Å². The van der Waals surface area contributed by atoms with Gasteiger partial charge in [-0.15, -0.1) is 0 Å². The number of benzene rings is 1. The number of fused-ring (bicyclic) bond motifs is 1. The molecule has 0 unspecified atom stereocenters. The Morgan fingerprint density at radius 3 is 2.75 bits per heavy atom. The van der Waals surface area contributed by atoms with E-state index in [9.17, 15) is 9.59 Å². The van der Waals surface area contributed by atoms with E-state index in [2.05, 4.69) is 16.4 Å². The molecule has 6 nitrogen and oxygen atoms in total. The van der Waals surface area contributed by atoms with Crippen molar-refractivity contribution in [1.82, 2.24) is 15.2 Å². The number of amides is 2. The zero-order valence-electron chi connectivity index (χ0n) is 13.8. The third-order valence-electron chi connectivity index (χ3n) is 4.63. The van der Waals surface area contributed by atoms with Crippen LogP contribution in [0.1, 0.15) is 24.8 Å². The van der Waals surface area contributed by atoms with Gasteiger partial charge in [-0.25, -0.2) is 0 Å². The maximum atomic E-state index is 12.2. The molecule has 24 heavy (non-hydrogen) atoms. The standard InChI is InChI=1S/C18H24N4O2/c19-17(23)12-22-9-7-14(8-10-22)21-18(24)6-5-13-11-20-16-4-2-1-3-15(13)16/h1-4,11,14,20H,5-10,12H2,(H2,19,23)(H,21,24). The topological polar surface area (TPSA) is 91.2 Å². The molecule has 1 aromatic heterocycles. The quantitative estimate of drug-likeness (QED) is 0.743. The van der Waals surface area contributed by atoms with Crippen LogP contribution in [0.5, 0.6) is 0 Å². The third kappa shape index (κ3) is 4.14. The second kappa shape index (κ2) is 7.49. The summed E-state index contributed by atoms with van der Waals surface area (Å²) in [5, 5.41) is 4.30. The van der Waals surface area contributed by atoms with Crippen LogP contribution in [-0.2, 0) is 16.0 Å². The Hall–Kier alpha value is -2.34. The summed E-state index contributed by atoms with van der Waals surface area (Å²) in [5.74, 6) is -0.204. The van der Waals surface area contributed by atoms with E-state index in [1.807, 2.05) is 29.3 Å². The Morgan fingerprint density at radius 2 is 2.00 bits per heavy atom. The highest BCUT2D eigenvalue weighted by molar-refractivity contribution is 5.84. The van der Waals surface area contributed by atoms with Gasteiger partial charge in [-0.1, -0.05) is 18.2 Å². The number of H-pyrrole nitrogens is 1. The maximum absolute atomic E-state index is 12.2. The lowest BCUT2D eigenvalue weighted by Gasteiger charge is -2.31. The Bertz CT molecular complexity index is 717. The van der Waals surface area contributed by atoms with Gasteiger partial charge in [0, 0.05) is 42.7 Å². The smallest absolute Gasteiger partial charge is 0.231 e. The molecule has 1 aliphatic rings. The minimum Gasteiger partial charge on any atom is -0.369 e. The zero-order valence-corrected chi connectivity index (χ0v) is 13.8. The van der Waals surface area contributed by atoms with E-state index in [0.29, 0.717) is 13.0 Å². The van der Waals surface area contributed by atoms with Gasteiger partial charge in [0.05, 0.1) is 6.54 Å². The van der Waals surface area contributed by atoms with Crippen molar-refractivity contribution < 1.29 is 9.59 Å². The first-order chi connectivity index (χ1) is 11.6. The minimum atomic E-state index is -0.295. The van der Waals surface area contributed by atoms with Crippen LogP contribution in [0.3, 0.4) is 0 Å². The highest BCUT2D eigenvalue weighted by Gasteiger charge is 2.21. The number of nitrogens with two attached hydrogens (primary N) is 1. The van der Waals surface area contributed by atoms with Crippen molar-refractivity contribution in [1.29, 1.82) is 0 Å². The van der Waals surface area contributed by atoms with E-state index in [0.717, 1.165) is 37.9 Å². The highest BCUT2D eigenvalue weighted by Crippen LogP contribution is 2.19. The molecule has 2 amide bonds. The van der Waals surface area contributed by atoms with Crippen LogP contribution >= 0.6 is 0 Å². The summed E-state index contributed by atoms with van der Waals surface area (Å²) in [6.07, 6.45) is 4.94. The number of carbonyl (C=O) groups is 2. The predicted octanol–water partition coefficient (Wildman–Crippen LogP) is 1.17. The summed E-state index contributed by atoms with van der Waals surface area (Å²) in [6.45, 7) is 1.91. The van der Waals surface area contributed by atoms with Gasteiger partial charge in [0.15, 0.2) is 0 Å². The summed E-state index contributed by atoms with van der Waals surface area (Å²) in [6, 6.07) is 8.33. The molecule has 0 atom stereocenters. The summed E-state index contributed by atoms with van der Waals surface area (Å²) >= 11 is 0. The molecule has 1 fully saturated rings. The highest BCUT2D eigenvalue weighted by atomic mass is 16.2. The van der Waals surface area contributed by atoms with Crippen molar-refractivity contribution in [2.75, 3.05) is 19.6 Å². The maximum Gasteiger partial charge on any atom is 0.231 e. The van der Waals surface area contributed by atoms with E-state index >= 15 is 0 Å². The monoisotopic (exact) mass is 328 g/mol. The minimum absolute atomic E-state index is 0.0913. The number of piperidine rings is 1. The van der Waals surface area contributed by atoms with E-state index in [1.165, 1.54) is 10.9 Å². The van der Waals surface area contributed by atoms with Gasteiger partial charge in [-0.2, -0.15) is 0 Å². The van der Waals surface area contributed by atoms with Gasteiger partial charge >= 0.3 is 0 Å². The van der Waals surface area contributed by atoms with Crippen LogP contribution < -0.4 is 11.1 Å². The molecule has 0 bridgehead atoms. The fourth-order valence-corrected chi connectivity index (χ4v) is 3.34. The summed E-state index contributed by atoms with van der Waals surface area (Å²) < 4.78 is 0. The van der Waals surface area contributed by atoms with Gasteiger partial charge in [0.25, 0.3) is 0 Å². The van der Waals surface area contributed by atoms with Crippen molar-refractivity contribution in [3.8, 4) is 0 Å². The van der Waals surface area contributed by atoms with Crippen LogP contribution in [0.15, 0.2) is 30.5 Å². The van der Waals surface area contributed by atoms with Crippen molar-refractivity contribution >= 4 is 22.7 Å². The van der Waals surface area contributed by atoms with Gasteiger partial charge in [0.2, 0.25) is 11.8 Å². The van der Waals surface area contributed by atoms with E-state index < -0.39 is 0 Å². The molecule has 1 aromatic carbocycles. The number of aryl methyl sites for hydroxylation is 1. The van der Waals surface area contributed by atoms with Crippen LogP contribution in [0.2, 0.25) is 0 Å².